The topological polar surface area (TPSA) is 81.4 Å². The molecule has 0 radical (unpaired) electrons. The molecule has 5 nitrogen and oxygen atoms in total. The van der Waals surface area contributed by atoms with Crippen molar-refractivity contribution in [2.75, 3.05) is 12.0 Å². The number of esters is 1. The largest absolute Gasteiger partial charge is 0.461 e. The van der Waals surface area contributed by atoms with Crippen LogP contribution < -0.4 is 11.1 Å². The molecule has 0 heterocycles. The van der Waals surface area contributed by atoms with Crippen LogP contribution in [0.2, 0.25) is 0 Å². The van der Waals surface area contributed by atoms with E-state index < -0.39 is 12.1 Å². The molecule has 0 rings (SSSR count). The van der Waals surface area contributed by atoms with Crippen LogP contribution >= 0.6 is 11.8 Å². The van der Waals surface area contributed by atoms with Crippen LogP contribution in [-0.4, -0.2) is 42.1 Å². The number of nitrogens with two attached hydrogens (primary N) is 1. The zero-order valence-electron chi connectivity index (χ0n) is 13.1. The first-order valence-electron chi connectivity index (χ1n) is 7.03. The predicted octanol–water partition coefficient (Wildman–Crippen LogP) is 1.55. The summed E-state index contributed by atoms with van der Waals surface area (Å²) in [7, 11) is 0. The lowest BCUT2D eigenvalue weighted by molar-refractivity contribution is -0.152. The molecule has 0 aromatic heterocycles. The Kier molecular flexibility index (Phi) is 9.67. The van der Waals surface area contributed by atoms with E-state index in [0.717, 1.165) is 5.75 Å². The van der Waals surface area contributed by atoms with Crippen molar-refractivity contribution in [3.05, 3.63) is 0 Å². The van der Waals surface area contributed by atoms with Crippen molar-refractivity contribution in [3.63, 3.8) is 0 Å². The molecule has 0 saturated heterocycles. The van der Waals surface area contributed by atoms with Crippen LogP contribution in [0.1, 0.15) is 40.5 Å². The van der Waals surface area contributed by atoms with Gasteiger partial charge in [-0.1, -0.05) is 13.8 Å². The second kappa shape index (κ2) is 10.0. The zero-order chi connectivity index (χ0) is 15.7. The molecule has 0 aliphatic heterocycles. The molecule has 1 amide bonds. The molecular formula is C14H28N2O3S. The summed E-state index contributed by atoms with van der Waals surface area (Å²) in [5.41, 5.74) is 5.81. The van der Waals surface area contributed by atoms with Crippen molar-refractivity contribution in [1.82, 2.24) is 5.32 Å². The lowest BCUT2D eigenvalue weighted by Crippen LogP contribution is -2.49. The highest BCUT2D eigenvalue weighted by atomic mass is 32.2. The Morgan fingerprint density at radius 3 is 2.30 bits per heavy atom. The highest BCUT2D eigenvalue weighted by Crippen LogP contribution is 2.08. The van der Waals surface area contributed by atoms with Gasteiger partial charge in [0.15, 0.2) is 0 Å². The van der Waals surface area contributed by atoms with Gasteiger partial charge in [-0.3, -0.25) is 4.79 Å². The number of ether oxygens (including phenoxy) is 1. The lowest BCUT2D eigenvalue weighted by Gasteiger charge is -2.22. The summed E-state index contributed by atoms with van der Waals surface area (Å²) < 4.78 is 5.18. The normalized spacial score (nSPS) is 14.2. The fourth-order valence-corrected chi connectivity index (χ4v) is 2.14. The Morgan fingerprint density at radius 2 is 1.85 bits per heavy atom. The Balaban J connectivity index is 4.55. The van der Waals surface area contributed by atoms with Crippen molar-refractivity contribution >= 4 is 23.6 Å². The molecule has 0 unspecified atom stereocenters. The second-order valence-electron chi connectivity index (χ2n) is 5.56. The van der Waals surface area contributed by atoms with E-state index in [1.165, 1.54) is 0 Å². The fourth-order valence-electron chi connectivity index (χ4n) is 1.65. The molecule has 0 aliphatic rings. The van der Waals surface area contributed by atoms with Crippen LogP contribution in [-0.2, 0) is 14.3 Å². The van der Waals surface area contributed by atoms with Crippen molar-refractivity contribution in [3.8, 4) is 0 Å². The summed E-state index contributed by atoms with van der Waals surface area (Å²) in [6, 6.07) is -1.20. The van der Waals surface area contributed by atoms with Gasteiger partial charge in [0.05, 0.1) is 12.1 Å². The number of rotatable bonds is 9. The third-order valence-corrected chi connectivity index (χ3v) is 3.27. The number of amides is 1. The number of thioether (sulfide) groups is 1. The first-order valence-corrected chi connectivity index (χ1v) is 8.42. The molecule has 6 heteroatoms. The molecule has 0 aromatic rings. The van der Waals surface area contributed by atoms with Crippen LogP contribution in [0.4, 0.5) is 0 Å². The van der Waals surface area contributed by atoms with Crippen LogP contribution in [0.3, 0.4) is 0 Å². The van der Waals surface area contributed by atoms with Crippen LogP contribution in [0.5, 0.6) is 0 Å². The molecule has 0 aliphatic carbocycles. The molecule has 118 valence electrons. The number of nitrogens with one attached hydrogen (secondary N) is 1. The third kappa shape index (κ3) is 8.43. The van der Waals surface area contributed by atoms with E-state index in [-0.39, 0.29) is 23.9 Å². The number of hydrogen-bond donors (Lipinski definition) is 2. The minimum absolute atomic E-state index is 0.195. The van der Waals surface area contributed by atoms with E-state index >= 15 is 0 Å². The minimum Gasteiger partial charge on any atom is -0.461 e. The molecule has 2 atom stereocenters. The Bertz CT molecular complexity index is 309. The van der Waals surface area contributed by atoms with Gasteiger partial charge in [-0.15, -0.1) is 0 Å². The Labute approximate surface area is 126 Å². The third-order valence-electron chi connectivity index (χ3n) is 2.63. The monoisotopic (exact) mass is 304 g/mol. The summed E-state index contributed by atoms with van der Waals surface area (Å²) in [6.45, 7) is 7.57. The molecule has 20 heavy (non-hydrogen) atoms. The van der Waals surface area contributed by atoms with Gasteiger partial charge in [-0.05, 0) is 44.6 Å². The van der Waals surface area contributed by atoms with E-state index in [1.54, 1.807) is 25.6 Å². The van der Waals surface area contributed by atoms with Gasteiger partial charge in [0.2, 0.25) is 5.91 Å². The minimum atomic E-state index is -0.620. The summed E-state index contributed by atoms with van der Waals surface area (Å²) in [6.07, 6.45) is 2.92. The van der Waals surface area contributed by atoms with Crippen molar-refractivity contribution in [1.29, 1.82) is 0 Å². The maximum atomic E-state index is 12.0. The van der Waals surface area contributed by atoms with E-state index in [9.17, 15) is 9.59 Å². The summed E-state index contributed by atoms with van der Waals surface area (Å²) in [4.78, 5) is 24.0. The molecule has 3 N–H and O–H groups in total. The maximum absolute atomic E-state index is 12.0. The summed E-state index contributed by atoms with van der Waals surface area (Å²) in [5.74, 6) is 0.423. The molecule has 0 aromatic carbocycles. The molecule has 0 fully saturated rings. The van der Waals surface area contributed by atoms with E-state index in [1.807, 2.05) is 20.1 Å². The van der Waals surface area contributed by atoms with Gasteiger partial charge in [-0.2, -0.15) is 11.8 Å². The van der Waals surface area contributed by atoms with Crippen LogP contribution in [0, 0.1) is 5.92 Å². The molecule has 0 spiro atoms. The van der Waals surface area contributed by atoms with Crippen molar-refractivity contribution in [2.24, 2.45) is 11.7 Å². The predicted molar refractivity (Wildman–Crippen MR) is 83.6 cm³/mol. The fraction of sp³-hybridized carbons (Fsp3) is 0.857. The zero-order valence-corrected chi connectivity index (χ0v) is 14.0. The smallest absolute Gasteiger partial charge is 0.328 e. The molecule has 0 bridgehead atoms. The van der Waals surface area contributed by atoms with Crippen LogP contribution in [0.15, 0.2) is 0 Å². The van der Waals surface area contributed by atoms with Gasteiger partial charge in [0, 0.05) is 0 Å². The van der Waals surface area contributed by atoms with Crippen molar-refractivity contribution in [2.45, 2.75) is 58.7 Å². The molecule has 0 saturated carbocycles. The quantitative estimate of drug-likeness (QED) is 0.632. The van der Waals surface area contributed by atoms with Gasteiger partial charge in [0.1, 0.15) is 6.04 Å². The summed E-state index contributed by atoms with van der Waals surface area (Å²) in [5, 5.41) is 2.71. The van der Waals surface area contributed by atoms with Gasteiger partial charge in [0.25, 0.3) is 0 Å². The van der Waals surface area contributed by atoms with Gasteiger partial charge in [-0.25, -0.2) is 4.79 Å². The van der Waals surface area contributed by atoms with E-state index in [0.29, 0.717) is 12.8 Å². The SMILES string of the molecule is CSCC[C@H](N)C(=O)N[C@@H](CC(C)C)C(=O)OC(C)C. The van der Waals surface area contributed by atoms with Crippen molar-refractivity contribution < 1.29 is 14.3 Å². The lowest BCUT2D eigenvalue weighted by atomic mass is 10.0. The number of carbonyl (C=O) groups is 2. The average molecular weight is 304 g/mol. The van der Waals surface area contributed by atoms with E-state index in [2.05, 4.69) is 5.32 Å². The highest BCUT2D eigenvalue weighted by molar-refractivity contribution is 7.98. The van der Waals surface area contributed by atoms with Crippen LogP contribution in [0.25, 0.3) is 0 Å². The van der Waals surface area contributed by atoms with Gasteiger partial charge >= 0.3 is 5.97 Å². The Morgan fingerprint density at radius 1 is 1.25 bits per heavy atom. The average Bonchev–Trinajstić information content (AvgIpc) is 2.33. The highest BCUT2D eigenvalue weighted by Gasteiger charge is 2.26. The standard InChI is InChI=1S/C14H28N2O3S/c1-9(2)8-12(14(18)19-10(3)4)16-13(17)11(15)6-7-20-5/h9-12H,6-8,15H2,1-5H3,(H,16,17)/t11-,12-/m0/s1. The number of hydrogen-bond acceptors (Lipinski definition) is 5. The first-order chi connectivity index (χ1) is 9.27. The molecular weight excluding hydrogens is 276 g/mol. The summed E-state index contributed by atoms with van der Waals surface area (Å²) >= 11 is 1.64. The van der Waals surface area contributed by atoms with Gasteiger partial charge < -0.3 is 15.8 Å². The number of carbonyl (C=O) groups excluding carboxylic acids is 2. The first kappa shape index (κ1) is 19.2. The van der Waals surface area contributed by atoms with E-state index in [4.69, 9.17) is 10.5 Å². The Hall–Kier alpha value is -0.750. The second-order valence-corrected chi connectivity index (χ2v) is 6.55. The maximum Gasteiger partial charge on any atom is 0.328 e.